The molecule has 10 heavy (non-hydrogen) atoms. The summed E-state index contributed by atoms with van der Waals surface area (Å²) in [6.45, 7) is 5.44. The molecule has 0 spiro atoms. The Morgan fingerprint density at radius 1 is 1.70 bits per heavy atom. The summed E-state index contributed by atoms with van der Waals surface area (Å²) >= 11 is 0. The third-order valence-electron chi connectivity index (χ3n) is 1.94. The average molecular weight is 140 g/mol. The molecule has 0 aliphatic carbocycles. The monoisotopic (exact) mass is 140 g/mol. The van der Waals surface area contributed by atoms with Crippen LogP contribution >= 0.6 is 0 Å². The summed E-state index contributed by atoms with van der Waals surface area (Å²) in [6, 6.07) is 1.04. The summed E-state index contributed by atoms with van der Waals surface area (Å²) in [6.07, 6.45) is 4.39. The molecule has 0 bridgehead atoms. The van der Waals surface area contributed by atoms with Gasteiger partial charge in [-0.1, -0.05) is 6.92 Å². The van der Waals surface area contributed by atoms with Gasteiger partial charge in [0.25, 0.3) is 0 Å². The first-order chi connectivity index (χ1) is 4.83. The predicted octanol–water partition coefficient (Wildman–Crippen LogP) is 1.22. The maximum Gasteiger partial charge on any atom is 0.0505 e. The van der Waals surface area contributed by atoms with Gasteiger partial charge in [-0.15, -0.1) is 0 Å². The van der Waals surface area contributed by atoms with Gasteiger partial charge in [0.05, 0.1) is 6.04 Å². The normalized spacial score (nSPS) is 33.8. The molecule has 0 fully saturated rings. The summed E-state index contributed by atoms with van der Waals surface area (Å²) in [7, 11) is 0. The summed E-state index contributed by atoms with van der Waals surface area (Å²) in [5.41, 5.74) is 0. The summed E-state index contributed by atoms with van der Waals surface area (Å²) in [5, 5.41) is 3.36. The minimum absolute atomic E-state index is 0.469. The quantitative estimate of drug-likeness (QED) is 0.582. The van der Waals surface area contributed by atoms with Crippen molar-refractivity contribution in [3.05, 3.63) is 0 Å². The van der Waals surface area contributed by atoms with E-state index in [0.717, 1.165) is 6.54 Å². The highest BCUT2D eigenvalue weighted by molar-refractivity contribution is 5.64. The Morgan fingerprint density at radius 2 is 2.50 bits per heavy atom. The molecular formula is C8H16N2. The zero-order chi connectivity index (χ0) is 7.40. The summed E-state index contributed by atoms with van der Waals surface area (Å²) in [5.74, 6) is 0. The minimum atomic E-state index is 0.469. The molecule has 1 rings (SSSR count). The number of aliphatic imine (C=N–C) groups is 1. The van der Waals surface area contributed by atoms with Crippen LogP contribution in [0.1, 0.15) is 26.7 Å². The van der Waals surface area contributed by atoms with Gasteiger partial charge in [-0.25, -0.2) is 0 Å². The van der Waals surface area contributed by atoms with Gasteiger partial charge >= 0.3 is 0 Å². The molecule has 1 N–H and O–H groups in total. The van der Waals surface area contributed by atoms with Gasteiger partial charge in [0.1, 0.15) is 0 Å². The Labute approximate surface area is 62.7 Å². The molecule has 1 heterocycles. The van der Waals surface area contributed by atoms with Crippen LogP contribution in [-0.4, -0.2) is 24.8 Å². The van der Waals surface area contributed by atoms with E-state index in [4.69, 9.17) is 0 Å². The highest BCUT2D eigenvalue weighted by Gasteiger charge is 2.07. The van der Waals surface area contributed by atoms with E-state index in [0.29, 0.717) is 12.1 Å². The van der Waals surface area contributed by atoms with Gasteiger partial charge in [-0.3, -0.25) is 4.99 Å². The Hall–Kier alpha value is -0.370. The predicted molar refractivity (Wildman–Crippen MR) is 44.7 cm³/mol. The van der Waals surface area contributed by atoms with E-state index in [2.05, 4.69) is 24.2 Å². The molecular weight excluding hydrogens is 124 g/mol. The van der Waals surface area contributed by atoms with E-state index in [9.17, 15) is 0 Å². The minimum Gasteiger partial charge on any atom is -0.309 e. The van der Waals surface area contributed by atoms with Crippen LogP contribution in [0.5, 0.6) is 0 Å². The fraction of sp³-hybridized carbons (Fsp3) is 0.875. The highest BCUT2D eigenvalue weighted by Crippen LogP contribution is 2.04. The Balaban J connectivity index is 2.42. The second-order valence-electron chi connectivity index (χ2n) is 2.89. The third-order valence-corrected chi connectivity index (χ3v) is 1.94. The molecule has 1 aliphatic heterocycles. The second kappa shape index (κ2) is 3.71. The van der Waals surface area contributed by atoms with Crippen LogP contribution in [0, 0.1) is 0 Å². The molecule has 0 aromatic carbocycles. The molecule has 2 heteroatoms. The van der Waals surface area contributed by atoms with Gasteiger partial charge < -0.3 is 5.32 Å². The van der Waals surface area contributed by atoms with Crippen LogP contribution in [0.15, 0.2) is 4.99 Å². The standard InChI is InChI=1S/C8H16N2/c1-3-8-4-5-9-7(2)6-10-8/h6-9H,3-5H2,1-2H3/t7?,8-/m0/s1. The Morgan fingerprint density at radius 3 is 3.20 bits per heavy atom. The zero-order valence-corrected chi connectivity index (χ0v) is 6.80. The molecule has 2 atom stereocenters. The molecule has 0 radical (unpaired) electrons. The van der Waals surface area contributed by atoms with Crippen LogP contribution in [0.4, 0.5) is 0 Å². The lowest BCUT2D eigenvalue weighted by atomic mass is 10.2. The van der Waals surface area contributed by atoms with Crippen molar-refractivity contribution in [2.75, 3.05) is 6.54 Å². The first kappa shape index (κ1) is 7.73. The molecule has 1 aliphatic rings. The number of hydrogen-bond donors (Lipinski definition) is 1. The smallest absolute Gasteiger partial charge is 0.0505 e. The van der Waals surface area contributed by atoms with Gasteiger partial charge in [0.15, 0.2) is 0 Å². The molecule has 0 amide bonds. The lowest BCUT2D eigenvalue weighted by Gasteiger charge is -2.05. The van der Waals surface area contributed by atoms with Gasteiger partial charge in [-0.2, -0.15) is 0 Å². The Kier molecular flexibility index (Phi) is 2.87. The summed E-state index contributed by atoms with van der Waals surface area (Å²) in [4.78, 5) is 4.44. The van der Waals surface area contributed by atoms with Gasteiger partial charge in [0, 0.05) is 12.3 Å². The van der Waals surface area contributed by atoms with E-state index in [-0.39, 0.29) is 0 Å². The molecule has 1 unspecified atom stereocenters. The highest BCUT2D eigenvalue weighted by atomic mass is 14.9. The van der Waals surface area contributed by atoms with Crippen LogP contribution in [0.25, 0.3) is 0 Å². The number of nitrogens with one attached hydrogen (secondary N) is 1. The number of rotatable bonds is 1. The van der Waals surface area contributed by atoms with Crippen molar-refractivity contribution in [3.63, 3.8) is 0 Å². The molecule has 0 aromatic rings. The fourth-order valence-corrected chi connectivity index (χ4v) is 1.17. The largest absolute Gasteiger partial charge is 0.309 e. The maximum absolute atomic E-state index is 4.44. The average Bonchev–Trinajstić information content (AvgIpc) is 2.14. The van der Waals surface area contributed by atoms with Crippen LogP contribution in [0.3, 0.4) is 0 Å². The van der Waals surface area contributed by atoms with E-state index in [1.54, 1.807) is 0 Å². The number of nitrogens with zero attached hydrogens (tertiary/aromatic N) is 1. The van der Waals surface area contributed by atoms with Crippen LogP contribution < -0.4 is 5.32 Å². The molecule has 0 aromatic heterocycles. The van der Waals surface area contributed by atoms with Crippen molar-refractivity contribution in [2.24, 2.45) is 4.99 Å². The SMILES string of the molecule is CC[C@H]1CCNC(C)C=N1. The van der Waals surface area contributed by atoms with Crippen molar-refractivity contribution in [2.45, 2.75) is 38.8 Å². The van der Waals surface area contributed by atoms with Crippen LogP contribution in [0.2, 0.25) is 0 Å². The maximum atomic E-state index is 4.44. The topological polar surface area (TPSA) is 24.4 Å². The van der Waals surface area contributed by atoms with Gasteiger partial charge in [-0.05, 0) is 26.3 Å². The third kappa shape index (κ3) is 2.10. The van der Waals surface area contributed by atoms with Crippen molar-refractivity contribution in [1.29, 1.82) is 0 Å². The first-order valence-electron chi connectivity index (χ1n) is 4.09. The van der Waals surface area contributed by atoms with Crippen molar-refractivity contribution < 1.29 is 0 Å². The molecule has 0 saturated heterocycles. The first-order valence-corrected chi connectivity index (χ1v) is 4.09. The lowest BCUT2D eigenvalue weighted by molar-refractivity contribution is 0.569. The van der Waals surface area contributed by atoms with E-state index < -0.39 is 0 Å². The molecule has 58 valence electrons. The van der Waals surface area contributed by atoms with Crippen molar-refractivity contribution in [1.82, 2.24) is 5.32 Å². The second-order valence-corrected chi connectivity index (χ2v) is 2.89. The zero-order valence-electron chi connectivity index (χ0n) is 6.80. The molecule has 2 nitrogen and oxygen atoms in total. The Bertz CT molecular complexity index is 120. The van der Waals surface area contributed by atoms with Crippen molar-refractivity contribution in [3.8, 4) is 0 Å². The fourth-order valence-electron chi connectivity index (χ4n) is 1.17. The lowest BCUT2D eigenvalue weighted by Crippen LogP contribution is -2.26. The van der Waals surface area contributed by atoms with E-state index in [1.165, 1.54) is 12.8 Å². The van der Waals surface area contributed by atoms with E-state index in [1.807, 2.05) is 6.21 Å². The summed E-state index contributed by atoms with van der Waals surface area (Å²) < 4.78 is 0. The van der Waals surface area contributed by atoms with Gasteiger partial charge in [0.2, 0.25) is 0 Å². The van der Waals surface area contributed by atoms with E-state index >= 15 is 0 Å². The van der Waals surface area contributed by atoms with Crippen LogP contribution in [-0.2, 0) is 0 Å². The van der Waals surface area contributed by atoms with Crippen molar-refractivity contribution >= 4 is 6.21 Å². The molecule has 0 saturated carbocycles. The number of hydrogen-bond acceptors (Lipinski definition) is 2.